The zero-order chi connectivity index (χ0) is 13.7. The molecule has 0 aromatic heterocycles. The SMILES string of the molecule is O=C(OCc1ccccc1)c1cccc(Br)c1CO. The van der Waals surface area contributed by atoms with Gasteiger partial charge in [0.15, 0.2) is 0 Å². The van der Waals surface area contributed by atoms with Gasteiger partial charge in [-0.05, 0) is 17.7 Å². The number of ether oxygens (including phenoxy) is 1. The predicted molar refractivity (Wildman–Crippen MR) is 75.6 cm³/mol. The van der Waals surface area contributed by atoms with E-state index in [0.717, 1.165) is 5.56 Å². The van der Waals surface area contributed by atoms with Crippen LogP contribution in [0.15, 0.2) is 53.0 Å². The topological polar surface area (TPSA) is 46.5 Å². The molecule has 0 aliphatic carbocycles. The minimum atomic E-state index is -0.436. The van der Waals surface area contributed by atoms with Crippen LogP contribution in [0, 0.1) is 0 Å². The van der Waals surface area contributed by atoms with E-state index in [0.29, 0.717) is 15.6 Å². The molecule has 0 atom stereocenters. The van der Waals surface area contributed by atoms with E-state index in [1.165, 1.54) is 0 Å². The van der Waals surface area contributed by atoms with Gasteiger partial charge in [-0.15, -0.1) is 0 Å². The van der Waals surface area contributed by atoms with E-state index in [4.69, 9.17) is 4.74 Å². The van der Waals surface area contributed by atoms with E-state index < -0.39 is 5.97 Å². The highest BCUT2D eigenvalue weighted by molar-refractivity contribution is 9.10. The van der Waals surface area contributed by atoms with E-state index in [1.807, 2.05) is 30.3 Å². The summed E-state index contributed by atoms with van der Waals surface area (Å²) in [5, 5.41) is 9.30. The van der Waals surface area contributed by atoms with Gasteiger partial charge in [0.1, 0.15) is 6.61 Å². The lowest BCUT2D eigenvalue weighted by Crippen LogP contribution is -2.09. The maximum absolute atomic E-state index is 12.0. The van der Waals surface area contributed by atoms with Crippen molar-refractivity contribution < 1.29 is 14.6 Å². The average Bonchev–Trinajstić information content (AvgIpc) is 2.45. The average molecular weight is 321 g/mol. The number of carbonyl (C=O) groups is 1. The number of rotatable bonds is 4. The van der Waals surface area contributed by atoms with Crippen molar-refractivity contribution in [3.63, 3.8) is 0 Å². The molecule has 0 heterocycles. The van der Waals surface area contributed by atoms with E-state index in [2.05, 4.69) is 15.9 Å². The first-order valence-corrected chi connectivity index (χ1v) is 6.61. The third-order valence-electron chi connectivity index (χ3n) is 2.71. The summed E-state index contributed by atoms with van der Waals surface area (Å²) in [5.74, 6) is -0.436. The normalized spacial score (nSPS) is 10.2. The summed E-state index contributed by atoms with van der Waals surface area (Å²) in [7, 11) is 0. The Labute approximate surface area is 120 Å². The second-order valence-electron chi connectivity index (χ2n) is 3.99. The maximum atomic E-state index is 12.0. The number of benzene rings is 2. The highest BCUT2D eigenvalue weighted by Gasteiger charge is 2.14. The van der Waals surface area contributed by atoms with E-state index in [9.17, 15) is 9.90 Å². The maximum Gasteiger partial charge on any atom is 0.338 e. The third kappa shape index (κ3) is 3.43. The lowest BCUT2D eigenvalue weighted by Gasteiger charge is -2.09. The van der Waals surface area contributed by atoms with Gasteiger partial charge in [-0.3, -0.25) is 0 Å². The zero-order valence-electron chi connectivity index (χ0n) is 10.2. The lowest BCUT2D eigenvalue weighted by atomic mass is 10.1. The first-order chi connectivity index (χ1) is 9.22. The molecule has 0 aliphatic heterocycles. The van der Waals surface area contributed by atoms with Crippen molar-refractivity contribution in [2.24, 2.45) is 0 Å². The van der Waals surface area contributed by atoms with Crippen LogP contribution in [0.5, 0.6) is 0 Å². The molecule has 4 heteroatoms. The summed E-state index contributed by atoms with van der Waals surface area (Å²) in [4.78, 5) is 12.0. The number of aliphatic hydroxyl groups excluding tert-OH is 1. The highest BCUT2D eigenvalue weighted by Crippen LogP contribution is 2.21. The number of aliphatic hydroxyl groups is 1. The fourth-order valence-electron chi connectivity index (χ4n) is 1.71. The van der Waals surface area contributed by atoms with E-state index in [1.54, 1.807) is 18.2 Å². The molecule has 1 N–H and O–H groups in total. The van der Waals surface area contributed by atoms with E-state index in [-0.39, 0.29) is 13.2 Å². The summed E-state index contributed by atoms with van der Waals surface area (Å²) in [6.45, 7) is 0.00818. The minimum absolute atomic E-state index is 0.211. The molecule has 98 valence electrons. The van der Waals surface area contributed by atoms with Crippen LogP contribution in [0.2, 0.25) is 0 Å². The molecule has 0 saturated heterocycles. The van der Waals surface area contributed by atoms with Gasteiger partial charge in [0.05, 0.1) is 12.2 Å². The second-order valence-corrected chi connectivity index (χ2v) is 4.84. The van der Waals surface area contributed by atoms with Gasteiger partial charge < -0.3 is 9.84 Å². The van der Waals surface area contributed by atoms with Gasteiger partial charge in [0.2, 0.25) is 0 Å². The summed E-state index contributed by atoms with van der Waals surface area (Å²) < 4.78 is 5.94. The molecule has 0 amide bonds. The van der Waals surface area contributed by atoms with Crippen molar-refractivity contribution in [2.75, 3.05) is 0 Å². The van der Waals surface area contributed by atoms with Crippen LogP contribution < -0.4 is 0 Å². The summed E-state index contributed by atoms with van der Waals surface area (Å²) in [5.41, 5.74) is 1.85. The first-order valence-electron chi connectivity index (χ1n) is 5.81. The molecule has 3 nitrogen and oxygen atoms in total. The molecular weight excluding hydrogens is 308 g/mol. The van der Waals surface area contributed by atoms with Crippen LogP contribution in [0.25, 0.3) is 0 Å². The Kier molecular flexibility index (Phi) is 4.71. The van der Waals surface area contributed by atoms with Crippen molar-refractivity contribution in [1.82, 2.24) is 0 Å². The van der Waals surface area contributed by atoms with Gasteiger partial charge in [-0.25, -0.2) is 4.79 Å². The Morgan fingerprint density at radius 1 is 1.11 bits per heavy atom. The van der Waals surface area contributed by atoms with Crippen molar-refractivity contribution >= 4 is 21.9 Å². The monoisotopic (exact) mass is 320 g/mol. The standard InChI is InChI=1S/C15H13BrO3/c16-14-8-4-7-12(13(14)9-17)15(18)19-10-11-5-2-1-3-6-11/h1-8,17H,9-10H2. The van der Waals surface area contributed by atoms with Crippen molar-refractivity contribution in [3.05, 3.63) is 69.7 Å². The molecule has 0 bridgehead atoms. The van der Waals surface area contributed by atoms with Gasteiger partial charge in [-0.2, -0.15) is 0 Å². The Balaban J connectivity index is 2.10. The summed E-state index contributed by atoms with van der Waals surface area (Å²) >= 11 is 3.30. The minimum Gasteiger partial charge on any atom is -0.457 e. The zero-order valence-corrected chi connectivity index (χ0v) is 11.8. The lowest BCUT2D eigenvalue weighted by molar-refractivity contribution is 0.0469. The molecule has 19 heavy (non-hydrogen) atoms. The van der Waals surface area contributed by atoms with Crippen molar-refractivity contribution in [2.45, 2.75) is 13.2 Å². The Morgan fingerprint density at radius 2 is 1.84 bits per heavy atom. The predicted octanol–water partition coefficient (Wildman–Crippen LogP) is 3.30. The number of hydrogen-bond acceptors (Lipinski definition) is 3. The van der Waals surface area contributed by atoms with Crippen LogP contribution in [-0.2, 0) is 18.0 Å². The quantitative estimate of drug-likeness (QED) is 0.879. The highest BCUT2D eigenvalue weighted by atomic mass is 79.9. The fraction of sp³-hybridized carbons (Fsp3) is 0.133. The second kappa shape index (κ2) is 6.50. The molecular formula is C15H13BrO3. The smallest absolute Gasteiger partial charge is 0.338 e. The molecule has 0 saturated carbocycles. The molecule has 0 unspecified atom stereocenters. The third-order valence-corrected chi connectivity index (χ3v) is 3.45. The Bertz CT molecular complexity index is 567. The molecule has 0 radical (unpaired) electrons. The first kappa shape index (κ1) is 13.8. The number of carbonyl (C=O) groups excluding carboxylic acids is 1. The summed E-state index contributed by atoms with van der Waals surface area (Å²) in [6.07, 6.45) is 0. The molecule has 0 spiro atoms. The molecule has 2 aromatic rings. The number of halogens is 1. The molecule has 0 aliphatic rings. The largest absolute Gasteiger partial charge is 0.457 e. The number of esters is 1. The van der Waals surface area contributed by atoms with Gasteiger partial charge >= 0.3 is 5.97 Å². The van der Waals surface area contributed by atoms with Gasteiger partial charge in [-0.1, -0.05) is 52.3 Å². The van der Waals surface area contributed by atoms with Crippen LogP contribution >= 0.6 is 15.9 Å². The molecule has 2 rings (SSSR count). The fourth-order valence-corrected chi connectivity index (χ4v) is 2.20. The van der Waals surface area contributed by atoms with Crippen LogP contribution in [0.1, 0.15) is 21.5 Å². The van der Waals surface area contributed by atoms with Crippen molar-refractivity contribution in [1.29, 1.82) is 0 Å². The summed E-state index contributed by atoms with van der Waals surface area (Å²) in [6, 6.07) is 14.6. The van der Waals surface area contributed by atoms with Crippen LogP contribution in [0.3, 0.4) is 0 Å². The molecule has 0 fully saturated rings. The van der Waals surface area contributed by atoms with E-state index >= 15 is 0 Å². The van der Waals surface area contributed by atoms with Gasteiger partial charge in [0.25, 0.3) is 0 Å². The van der Waals surface area contributed by atoms with Crippen LogP contribution in [-0.4, -0.2) is 11.1 Å². The number of hydrogen-bond donors (Lipinski definition) is 1. The van der Waals surface area contributed by atoms with Crippen LogP contribution in [0.4, 0.5) is 0 Å². The van der Waals surface area contributed by atoms with Gasteiger partial charge in [0, 0.05) is 10.0 Å². The van der Waals surface area contributed by atoms with Crippen molar-refractivity contribution in [3.8, 4) is 0 Å². The Morgan fingerprint density at radius 3 is 2.53 bits per heavy atom. The Hall–Kier alpha value is -1.65. The molecule has 2 aromatic carbocycles.